The van der Waals surface area contributed by atoms with E-state index in [9.17, 15) is 14.4 Å². The van der Waals surface area contributed by atoms with Crippen LogP contribution in [0.3, 0.4) is 0 Å². The summed E-state index contributed by atoms with van der Waals surface area (Å²) in [5.41, 5.74) is 4.50. The van der Waals surface area contributed by atoms with Gasteiger partial charge in [-0.1, -0.05) is 54.5 Å². The van der Waals surface area contributed by atoms with Gasteiger partial charge in [0.2, 0.25) is 11.8 Å². The molecule has 1 unspecified atom stereocenters. The lowest BCUT2D eigenvalue weighted by Crippen LogP contribution is -2.57. The van der Waals surface area contributed by atoms with Gasteiger partial charge in [-0.15, -0.1) is 6.42 Å². The average molecular weight is 518 g/mol. The van der Waals surface area contributed by atoms with Crippen LogP contribution >= 0.6 is 0 Å². The molecule has 2 aliphatic rings. The molecule has 1 aliphatic carbocycles. The van der Waals surface area contributed by atoms with E-state index in [1.807, 2.05) is 24.3 Å². The molecular formula is C30H35N3O5. The number of fused-ring (bicyclic) bond motifs is 3. The Bertz CT molecular complexity index is 1170. The quantitative estimate of drug-likeness (QED) is 0.515. The highest BCUT2D eigenvalue weighted by molar-refractivity contribution is 5.91. The molecule has 3 amide bonds. The fourth-order valence-corrected chi connectivity index (χ4v) is 5.09. The highest BCUT2D eigenvalue weighted by atomic mass is 16.6. The van der Waals surface area contributed by atoms with E-state index in [0.29, 0.717) is 13.1 Å². The minimum absolute atomic E-state index is 0.0238. The van der Waals surface area contributed by atoms with E-state index in [0.717, 1.165) is 35.1 Å². The Morgan fingerprint density at radius 3 is 2.21 bits per heavy atom. The number of nitrogens with zero attached hydrogens (tertiary/aromatic N) is 2. The Labute approximate surface area is 224 Å². The van der Waals surface area contributed by atoms with Crippen LogP contribution in [-0.4, -0.2) is 79.2 Å². The highest BCUT2D eigenvalue weighted by Gasteiger charge is 2.35. The first-order valence-corrected chi connectivity index (χ1v) is 13.1. The zero-order valence-electron chi connectivity index (χ0n) is 22.2. The van der Waals surface area contributed by atoms with Crippen LogP contribution in [0.25, 0.3) is 11.1 Å². The molecule has 1 saturated heterocycles. The summed E-state index contributed by atoms with van der Waals surface area (Å²) in [6.45, 7) is 4.76. The number of amides is 3. The molecule has 2 aromatic rings. The van der Waals surface area contributed by atoms with E-state index in [1.54, 1.807) is 18.7 Å². The van der Waals surface area contributed by atoms with Gasteiger partial charge < -0.3 is 19.7 Å². The molecule has 200 valence electrons. The molecule has 4 rings (SSSR count). The lowest BCUT2D eigenvalue weighted by molar-refractivity contribution is -0.140. The first-order chi connectivity index (χ1) is 18.3. The predicted octanol–water partition coefficient (Wildman–Crippen LogP) is 3.40. The predicted molar refractivity (Wildman–Crippen MR) is 144 cm³/mol. The number of likely N-dealkylation sites (N-methyl/N-ethyl adjacent to an activating group) is 1. The van der Waals surface area contributed by atoms with Crippen LogP contribution in [0, 0.1) is 12.3 Å². The molecule has 1 N–H and O–H groups in total. The van der Waals surface area contributed by atoms with Crippen molar-refractivity contribution in [2.75, 3.05) is 33.4 Å². The van der Waals surface area contributed by atoms with Crippen molar-refractivity contribution in [3.63, 3.8) is 0 Å². The summed E-state index contributed by atoms with van der Waals surface area (Å²) in [5.74, 6) is 1.62. The van der Waals surface area contributed by atoms with E-state index >= 15 is 0 Å². The van der Waals surface area contributed by atoms with Crippen molar-refractivity contribution in [3.8, 4) is 23.5 Å². The fraction of sp³-hybridized carbons (Fsp3) is 0.433. The summed E-state index contributed by atoms with van der Waals surface area (Å²) in [5, 5.41) is 2.79. The number of carbonyl (C=O) groups excluding carboxylic acids is 3. The minimum Gasteiger partial charge on any atom is -0.448 e. The number of likely N-dealkylation sites (tertiary alicyclic amines) is 1. The molecule has 2 aromatic carbocycles. The van der Waals surface area contributed by atoms with Crippen LogP contribution in [0.4, 0.5) is 4.79 Å². The summed E-state index contributed by atoms with van der Waals surface area (Å²) in [6, 6.07) is 14.4. The zero-order valence-corrected chi connectivity index (χ0v) is 22.2. The third-order valence-corrected chi connectivity index (χ3v) is 7.46. The molecular weight excluding hydrogens is 482 g/mol. The van der Waals surface area contributed by atoms with Crippen LogP contribution in [0.5, 0.6) is 0 Å². The van der Waals surface area contributed by atoms with Gasteiger partial charge in [0.1, 0.15) is 25.3 Å². The number of hydrogen-bond donors (Lipinski definition) is 1. The second-order valence-corrected chi connectivity index (χ2v) is 9.83. The molecule has 0 radical (unpaired) electrons. The lowest BCUT2D eigenvalue weighted by atomic mass is 9.98. The molecule has 1 heterocycles. The maximum absolute atomic E-state index is 13.2. The van der Waals surface area contributed by atoms with E-state index < -0.39 is 30.2 Å². The van der Waals surface area contributed by atoms with Gasteiger partial charge >= 0.3 is 6.09 Å². The van der Waals surface area contributed by atoms with E-state index in [-0.39, 0.29) is 25.0 Å². The van der Waals surface area contributed by atoms with Gasteiger partial charge in [0.05, 0.1) is 6.10 Å². The smallest absolute Gasteiger partial charge is 0.410 e. The molecule has 1 aliphatic heterocycles. The molecule has 0 saturated carbocycles. The molecule has 0 bridgehead atoms. The third-order valence-electron chi connectivity index (χ3n) is 7.46. The van der Waals surface area contributed by atoms with Crippen LogP contribution in [0.1, 0.15) is 43.7 Å². The van der Waals surface area contributed by atoms with Crippen LogP contribution in [0.2, 0.25) is 0 Å². The van der Waals surface area contributed by atoms with E-state index in [4.69, 9.17) is 15.9 Å². The molecule has 8 nitrogen and oxygen atoms in total. The van der Waals surface area contributed by atoms with Crippen molar-refractivity contribution in [2.24, 2.45) is 0 Å². The first kappa shape index (κ1) is 27.2. The molecule has 0 spiro atoms. The molecule has 0 aromatic heterocycles. The van der Waals surface area contributed by atoms with Gasteiger partial charge in [0.15, 0.2) is 0 Å². The van der Waals surface area contributed by atoms with Crippen molar-refractivity contribution in [3.05, 3.63) is 59.7 Å². The van der Waals surface area contributed by atoms with E-state index in [2.05, 4.69) is 35.5 Å². The van der Waals surface area contributed by atoms with Crippen LogP contribution < -0.4 is 5.32 Å². The largest absolute Gasteiger partial charge is 0.448 e. The minimum atomic E-state index is -0.910. The normalized spacial score (nSPS) is 16.5. The third kappa shape index (κ3) is 5.68. The lowest BCUT2D eigenvalue weighted by Gasteiger charge is -2.30. The molecule has 38 heavy (non-hydrogen) atoms. The number of hydrogen-bond acceptors (Lipinski definition) is 5. The van der Waals surface area contributed by atoms with Gasteiger partial charge in [0, 0.05) is 26.1 Å². The van der Waals surface area contributed by atoms with Gasteiger partial charge in [-0.05, 0) is 48.9 Å². The van der Waals surface area contributed by atoms with E-state index in [1.165, 1.54) is 11.9 Å². The Morgan fingerprint density at radius 1 is 1.05 bits per heavy atom. The Kier molecular flexibility index (Phi) is 8.70. The van der Waals surface area contributed by atoms with Crippen molar-refractivity contribution in [2.45, 2.75) is 50.8 Å². The van der Waals surface area contributed by atoms with Gasteiger partial charge in [-0.25, -0.2) is 4.79 Å². The number of nitrogens with one attached hydrogen (secondary N) is 1. The van der Waals surface area contributed by atoms with Crippen LogP contribution in [0.15, 0.2) is 48.5 Å². The standard InChI is InChI=1S/C30H35N3O5/c1-5-18-37-21(3)27(29(35)33-16-10-11-17-33)31-28(34)20(2)32(4)30(36)38-19-26-24-14-8-6-12-22(24)23-13-7-9-15-25(23)26/h1,6-9,12-15,20-21,26-27H,10-11,16-19H2,2-4H3,(H,31,34)/t20-,21?,27-/m0/s1. The summed E-state index contributed by atoms with van der Waals surface area (Å²) >= 11 is 0. The van der Waals surface area contributed by atoms with Gasteiger partial charge in [-0.2, -0.15) is 0 Å². The molecule has 1 fully saturated rings. The first-order valence-electron chi connectivity index (χ1n) is 13.1. The molecule has 8 heteroatoms. The van der Waals surface area contributed by atoms with Gasteiger partial charge in [-0.3, -0.25) is 14.5 Å². The number of rotatable bonds is 9. The fourth-order valence-electron chi connectivity index (χ4n) is 5.09. The summed E-state index contributed by atoms with van der Waals surface area (Å²) in [6.07, 6.45) is 5.91. The Morgan fingerprint density at radius 2 is 1.63 bits per heavy atom. The topological polar surface area (TPSA) is 88.2 Å². The monoisotopic (exact) mass is 517 g/mol. The van der Waals surface area contributed by atoms with Crippen molar-refractivity contribution < 1.29 is 23.9 Å². The van der Waals surface area contributed by atoms with Crippen molar-refractivity contribution >= 4 is 17.9 Å². The number of benzene rings is 2. The number of carbonyl (C=O) groups is 3. The maximum atomic E-state index is 13.2. The Balaban J connectivity index is 1.39. The van der Waals surface area contributed by atoms with Crippen molar-refractivity contribution in [1.29, 1.82) is 0 Å². The van der Waals surface area contributed by atoms with Gasteiger partial charge in [0.25, 0.3) is 0 Å². The zero-order chi connectivity index (χ0) is 27.2. The second-order valence-electron chi connectivity index (χ2n) is 9.83. The number of terminal acetylenes is 1. The Hall–Kier alpha value is -3.83. The summed E-state index contributed by atoms with van der Waals surface area (Å²) in [4.78, 5) is 42.2. The highest BCUT2D eigenvalue weighted by Crippen LogP contribution is 2.44. The summed E-state index contributed by atoms with van der Waals surface area (Å²) < 4.78 is 11.3. The maximum Gasteiger partial charge on any atom is 0.410 e. The average Bonchev–Trinajstić information content (AvgIpc) is 3.59. The summed E-state index contributed by atoms with van der Waals surface area (Å²) in [7, 11) is 1.51. The van der Waals surface area contributed by atoms with Crippen LogP contribution in [-0.2, 0) is 19.1 Å². The van der Waals surface area contributed by atoms with Crippen molar-refractivity contribution in [1.82, 2.24) is 15.1 Å². The second kappa shape index (κ2) is 12.1. The molecule has 3 atom stereocenters. The number of ether oxygens (including phenoxy) is 2. The SMILES string of the molecule is C#CCOC(C)[C@H](NC(=O)[C@H](C)N(C)C(=O)OCC1c2ccccc2-c2ccccc21)C(=O)N1CCCC1.